The zero-order valence-electron chi connectivity index (χ0n) is 34.0. The largest absolute Gasteiger partial charge is 0.311 e. The molecule has 7 aromatic carbocycles. The van der Waals surface area contributed by atoms with E-state index in [1.54, 1.807) is 0 Å². The van der Waals surface area contributed by atoms with Crippen molar-refractivity contribution in [3.8, 4) is 22.3 Å². The van der Waals surface area contributed by atoms with Crippen LogP contribution in [0.15, 0.2) is 170 Å². The second kappa shape index (κ2) is 16.4. The first-order valence-corrected chi connectivity index (χ1v) is 20.6. The zero-order chi connectivity index (χ0) is 40.3. The summed E-state index contributed by atoms with van der Waals surface area (Å²) in [5.74, 6) is 0.357. The summed E-state index contributed by atoms with van der Waals surface area (Å²) in [6, 6.07) is 59.5. The fourth-order valence-electron chi connectivity index (χ4n) is 8.04. The van der Waals surface area contributed by atoms with Gasteiger partial charge in [0.05, 0.1) is 29.0 Å². The first-order chi connectivity index (χ1) is 29.0. The third-order valence-corrected chi connectivity index (χ3v) is 10.7. The third-order valence-electron chi connectivity index (χ3n) is 10.7. The quantitative estimate of drug-likeness (QED) is 0.123. The highest BCUT2D eigenvalue weighted by Crippen LogP contribution is 2.44. The third kappa shape index (κ3) is 7.32. The normalized spacial score (nSPS) is 11.4. The maximum Gasteiger partial charge on any atom is 0.124 e. The summed E-state index contributed by atoms with van der Waals surface area (Å²) in [6.45, 7) is 9.41. The van der Waals surface area contributed by atoms with Crippen molar-refractivity contribution < 1.29 is 0 Å². The Hall–Kier alpha value is -7.12. The summed E-state index contributed by atoms with van der Waals surface area (Å²) in [5, 5.41) is 10.5. The molecule has 7 nitrogen and oxygen atoms in total. The molecule has 0 N–H and O–H groups in total. The molecule has 2 aromatic heterocycles. The van der Waals surface area contributed by atoms with Gasteiger partial charge < -0.3 is 9.80 Å². The summed E-state index contributed by atoms with van der Waals surface area (Å²) in [7, 11) is 0. The predicted molar refractivity (Wildman–Crippen MR) is 244 cm³/mol. The molecule has 0 saturated heterocycles. The van der Waals surface area contributed by atoms with Crippen molar-refractivity contribution >= 4 is 56.2 Å². The molecule has 290 valence electrons. The number of fused-ring (bicyclic) bond motifs is 2. The molecule has 0 unspecified atom stereocenters. The number of anilines is 6. The lowest BCUT2D eigenvalue weighted by Crippen LogP contribution is -2.09. The molecule has 0 amide bonds. The van der Waals surface area contributed by atoms with Gasteiger partial charge in [0.1, 0.15) is 11.0 Å². The smallest absolute Gasteiger partial charge is 0.124 e. The van der Waals surface area contributed by atoms with Gasteiger partial charge in [-0.2, -0.15) is 15.0 Å². The molecule has 0 saturated carbocycles. The summed E-state index contributed by atoms with van der Waals surface area (Å²) < 4.78 is 0. The number of para-hydroxylation sites is 4. The molecule has 2 heterocycles. The van der Waals surface area contributed by atoms with Crippen molar-refractivity contribution in [2.75, 3.05) is 9.80 Å². The maximum absolute atomic E-state index is 5.47. The molecule has 0 fully saturated rings. The first-order valence-electron chi connectivity index (χ1n) is 20.6. The van der Waals surface area contributed by atoms with Crippen molar-refractivity contribution in [3.05, 3.63) is 181 Å². The van der Waals surface area contributed by atoms with Gasteiger partial charge in [-0.1, -0.05) is 125 Å². The Bertz CT molecular complexity index is 2550. The lowest BCUT2D eigenvalue weighted by molar-refractivity contribution is 0.442. The van der Waals surface area contributed by atoms with Crippen LogP contribution in [-0.2, 0) is 19.4 Å². The van der Waals surface area contributed by atoms with Crippen molar-refractivity contribution in [1.82, 2.24) is 25.0 Å². The van der Waals surface area contributed by atoms with Crippen LogP contribution in [0.4, 0.5) is 34.1 Å². The molecule has 0 aliphatic heterocycles. The predicted octanol–water partition coefficient (Wildman–Crippen LogP) is 13.4. The van der Waals surface area contributed by atoms with Gasteiger partial charge in [0.2, 0.25) is 0 Å². The Morgan fingerprint density at radius 3 is 1.00 bits per heavy atom. The summed E-state index contributed by atoms with van der Waals surface area (Å²) in [4.78, 5) is 17.4. The summed E-state index contributed by atoms with van der Waals surface area (Å²) >= 11 is 0. The number of benzene rings is 7. The van der Waals surface area contributed by atoms with E-state index in [4.69, 9.17) is 20.2 Å². The average molecular weight is 770 g/mol. The molecule has 0 spiro atoms. The fraction of sp³-hybridized carbons (Fsp3) is 0.154. The van der Waals surface area contributed by atoms with E-state index in [1.165, 1.54) is 0 Å². The number of aryl methyl sites for hydroxylation is 2. The van der Waals surface area contributed by atoms with Crippen LogP contribution in [0.1, 0.15) is 39.1 Å². The van der Waals surface area contributed by atoms with Crippen LogP contribution in [0, 0.1) is 5.92 Å². The minimum absolute atomic E-state index is 0.357. The van der Waals surface area contributed by atoms with Gasteiger partial charge in [-0.3, -0.25) is 0 Å². The molecule has 0 atom stereocenters. The number of nitrogens with zero attached hydrogens (tertiary/aromatic N) is 7. The maximum atomic E-state index is 5.47. The molecule has 0 bridgehead atoms. The Balaban J connectivity index is 1.25. The van der Waals surface area contributed by atoms with Crippen LogP contribution >= 0.6 is 0 Å². The Morgan fingerprint density at radius 2 is 0.712 bits per heavy atom. The number of rotatable bonds is 12. The van der Waals surface area contributed by atoms with E-state index in [0.29, 0.717) is 12.5 Å². The van der Waals surface area contributed by atoms with Crippen LogP contribution in [-0.4, -0.2) is 25.0 Å². The van der Waals surface area contributed by atoms with Crippen LogP contribution in [0.5, 0.6) is 0 Å². The molecule has 59 heavy (non-hydrogen) atoms. The lowest BCUT2D eigenvalue weighted by Gasteiger charge is -2.26. The Labute approximate surface area is 346 Å². The van der Waals surface area contributed by atoms with Crippen molar-refractivity contribution in [2.24, 2.45) is 5.92 Å². The van der Waals surface area contributed by atoms with Gasteiger partial charge >= 0.3 is 0 Å². The second-order valence-corrected chi connectivity index (χ2v) is 15.2. The van der Waals surface area contributed by atoms with E-state index < -0.39 is 0 Å². The summed E-state index contributed by atoms with van der Waals surface area (Å²) in [5.41, 5.74) is 15.8. The SMILES string of the molecule is CCc1nc2c(-c3ccc(N(c4ccccc4)c4ccccc4)cc3)c3nn(CC(C)C)nc3c(-c3ccc(N(c4ccccc4)c4ccccc4)cc3)c2nc1CC. The highest BCUT2D eigenvalue weighted by molar-refractivity contribution is 6.16. The topological polar surface area (TPSA) is 63.0 Å². The molecule has 9 rings (SSSR count). The fourth-order valence-corrected chi connectivity index (χ4v) is 8.04. The molecule has 9 aromatic rings. The van der Waals surface area contributed by atoms with E-state index in [1.807, 2.05) is 4.80 Å². The van der Waals surface area contributed by atoms with E-state index >= 15 is 0 Å². The van der Waals surface area contributed by atoms with Gasteiger partial charge in [0.25, 0.3) is 0 Å². The first kappa shape index (κ1) is 37.5. The molecular formula is C52H47N7. The van der Waals surface area contributed by atoms with Crippen LogP contribution < -0.4 is 9.80 Å². The van der Waals surface area contributed by atoms with Crippen molar-refractivity contribution in [1.29, 1.82) is 0 Å². The van der Waals surface area contributed by atoms with Gasteiger partial charge in [0, 0.05) is 45.3 Å². The van der Waals surface area contributed by atoms with E-state index in [0.717, 1.165) is 103 Å². The van der Waals surface area contributed by atoms with Crippen molar-refractivity contribution in [2.45, 2.75) is 47.1 Å². The Kier molecular flexibility index (Phi) is 10.4. The minimum Gasteiger partial charge on any atom is -0.311 e. The molecule has 0 radical (unpaired) electrons. The number of hydrogen-bond acceptors (Lipinski definition) is 6. The summed E-state index contributed by atoms with van der Waals surface area (Å²) in [6.07, 6.45) is 1.56. The van der Waals surface area contributed by atoms with Gasteiger partial charge in [-0.25, -0.2) is 9.97 Å². The number of aromatic nitrogens is 5. The van der Waals surface area contributed by atoms with Gasteiger partial charge in [0.15, 0.2) is 0 Å². The van der Waals surface area contributed by atoms with E-state index in [2.05, 4.69) is 207 Å². The lowest BCUT2D eigenvalue weighted by atomic mass is 9.94. The van der Waals surface area contributed by atoms with Gasteiger partial charge in [-0.05, 0) is 103 Å². The van der Waals surface area contributed by atoms with E-state index in [9.17, 15) is 0 Å². The van der Waals surface area contributed by atoms with Crippen LogP contribution in [0.3, 0.4) is 0 Å². The van der Waals surface area contributed by atoms with Crippen LogP contribution in [0.2, 0.25) is 0 Å². The Morgan fingerprint density at radius 1 is 0.407 bits per heavy atom. The zero-order valence-corrected chi connectivity index (χ0v) is 34.0. The molecule has 0 aliphatic rings. The molecule has 7 heteroatoms. The molecular weight excluding hydrogens is 723 g/mol. The highest BCUT2D eigenvalue weighted by Gasteiger charge is 2.25. The second-order valence-electron chi connectivity index (χ2n) is 15.2. The standard InChI is InChI=1S/C52H47N7/c1-5-45-46(6-2)54-50-48(38-29-33-44(34-30-38)59(41-23-15-9-16-24-41)42-25-17-10-18-26-42)52-51(55-57(56-52)35-36(3)4)47(49(50)53-45)37-27-31-43(32-28-37)58(39-19-11-7-12-20-39)40-21-13-8-14-22-40/h7-34,36H,5-6,35H2,1-4H3. The average Bonchev–Trinajstić information content (AvgIpc) is 3.69. The molecule has 0 aliphatic carbocycles. The van der Waals surface area contributed by atoms with Gasteiger partial charge in [-0.15, -0.1) is 0 Å². The highest BCUT2D eigenvalue weighted by atomic mass is 15.5. The monoisotopic (exact) mass is 769 g/mol. The minimum atomic E-state index is 0.357. The van der Waals surface area contributed by atoms with Crippen LogP contribution in [0.25, 0.3) is 44.3 Å². The van der Waals surface area contributed by atoms with E-state index in [-0.39, 0.29) is 0 Å². The van der Waals surface area contributed by atoms with Crippen molar-refractivity contribution in [3.63, 3.8) is 0 Å². The number of hydrogen-bond donors (Lipinski definition) is 0.